The molecule has 0 heterocycles. The Morgan fingerprint density at radius 1 is 0.274 bits per heavy atom. The van der Waals surface area contributed by atoms with Crippen molar-refractivity contribution in [2.75, 3.05) is 39.6 Å². The molecule has 19 heteroatoms. The summed E-state index contributed by atoms with van der Waals surface area (Å²) in [4.78, 5) is 72.9. The van der Waals surface area contributed by atoms with Crippen LogP contribution in [0.2, 0.25) is 0 Å². The van der Waals surface area contributed by atoms with Crippen LogP contribution in [-0.2, 0) is 65.4 Å². The third-order valence-electron chi connectivity index (χ3n) is 15.2. The van der Waals surface area contributed by atoms with E-state index in [1.54, 1.807) is 0 Å². The number of hydrogen-bond donors (Lipinski definition) is 3. The van der Waals surface area contributed by atoms with Crippen LogP contribution in [0, 0.1) is 0 Å². The molecule has 0 aliphatic carbocycles. The molecule has 0 aromatic carbocycles. The Bertz CT molecular complexity index is 2830. The Kier molecular flexibility index (Phi) is 72.2. The lowest BCUT2D eigenvalue weighted by atomic mass is 10.1. The molecular weight excluding hydrogens is 1380 g/mol. The number of carbonyl (C=O) groups is 4. The average Bonchev–Trinajstić information content (AvgIpc) is 0.901. The van der Waals surface area contributed by atoms with Gasteiger partial charge < -0.3 is 33.8 Å². The third-order valence-corrected chi connectivity index (χ3v) is 17.1. The molecule has 17 nitrogen and oxygen atoms in total. The zero-order valence-electron chi connectivity index (χ0n) is 65.0. The Labute approximate surface area is 639 Å². The molecule has 0 fully saturated rings. The van der Waals surface area contributed by atoms with Crippen LogP contribution in [0.5, 0.6) is 0 Å². The smallest absolute Gasteiger partial charge is 0.462 e. The van der Waals surface area contributed by atoms with Gasteiger partial charge in [-0.05, 0) is 167 Å². The maximum absolute atomic E-state index is 13.1. The van der Waals surface area contributed by atoms with Crippen LogP contribution >= 0.6 is 15.6 Å². The summed E-state index contributed by atoms with van der Waals surface area (Å²) in [5.74, 6) is -2.42. The lowest BCUT2D eigenvalue weighted by Gasteiger charge is -2.21. The van der Waals surface area contributed by atoms with Gasteiger partial charge in [0.25, 0.3) is 0 Å². The van der Waals surface area contributed by atoms with Crippen molar-refractivity contribution >= 4 is 39.5 Å². The monoisotopic (exact) mass is 1510 g/mol. The SMILES string of the molecule is CC/C=C\C/C=C\C/C=C\C/C=C\C/C=C\C/C=C\CCC(=O)OCC(COP(=O)(O)OCC(O)COP(=O)(O)OCC(COC(=O)CCCCC/C=C\C/C=C\C/C=C\C/C=C\C/C=C\CC)OC(=O)CCC/C=C\C/C=C\C/C=C\C/C=C\C/C=C\CC)OC(=O)CCCCCCC/C=C\CCCC. The van der Waals surface area contributed by atoms with Gasteiger partial charge in [-0.2, -0.15) is 0 Å². The Balaban J connectivity index is 5.51. The van der Waals surface area contributed by atoms with Crippen molar-refractivity contribution in [1.82, 2.24) is 0 Å². The molecule has 106 heavy (non-hydrogen) atoms. The summed E-state index contributed by atoms with van der Waals surface area (Å²) in [5.41, 5.74) is 0. The first-order valence-electron chi connectivity index (χ1n) is 39.3. The standard InChI is InChI=1S/C87H136O17P2/c1-5-9-13-17-21-25-29-32-35-38-40-43-45-48-52-55-59-63-67-71-84(89)97-77-82(103-86(91)73-69-65-61-57-51-28-24-20-16-12-8-4)79-101-105(93,94)99-75-81(88)76-100-106(95,96)102-80-83(104-87(92)74-70-66-62-58-54-50-47-42-37-34-31-27-23-19-15-11-7-3)78-98-85(90)72-68-64-60-56-53-49-46-44-41-39-36-33-30-26-22-18-14-10-6-2/h9-11,13-15,20-27,32-37,40-41,43-44,47-50,52-53,58-59,62-63,81-83,88H,5-8,12,16-19,28-31,38-39,42,45-46,51,54-57,60-61,64-80H2,1-4H3,(H,93,94)(H,95,96)/b13-9-,14-10-,15-11-,24-20-,25-21-,26-22-,27-23-,35-32-,36-33-,37-34-,43-40-,44-41-,50-47-,52-48-,53-49-,62-58-,63-59-. The van der Waals surface area contributed by atoms with Crippen molar-refractivity contribution in [2.24, 2.45) is 0 Å². The number of hydrogen-bond acceptors (Lipinski definition) is 15. The van der Waals surface area contributed by atoms with Gasteiger partial charge in [0, 0.05) is 25.7 Å². The van der Waals surface area contributed by atoms with E-state index < -0.39 is 97.5 Å². The molecule has 0 aliphatic heterocycles. The summed E-state index contributed by atoms with van der Waals surface area (Å²) < 4.78 is 68.3. The number of ether oxygens (including phenoxy) is 4. The summed E-state index contributed by atoms with van der Waals surface area (Å²) in [7, 11) is -10.0. The first-order valence-corrected chi connectivity index (χ1v) is 42.3. The molecule has 0 spiro atoms. The summed E-state index contributed by atoms with van der Waals surface area (Å²) in [6.07, 6.45) is 95.6. The van der Waals surface area contributed by atoms with E-state index in [-0.39, 0.29) is 25.7 Å². The average molecular weight is 1520 g/mol. The van der Waals surface area contributed by atoms with E-state index in [4.69, 9.17) is 37.0 Å². The van der Waals surface area contributed by atoms with E-state index in [9.17, 15) is 43.2 Å². The van der Waals surface area contributed by atoms with Gasteiger partial charge in [-0.1, -0.05) is 273 Å². The number of aliphatic hydroxyl groups is 1. The normalized spacial score (nSPS) is 15.0. The van der Waals surface area contributed by atoms with Crippen LogP contribution in [0.25, 0.3) is 0 Å². The van der Waals surface area contributed by atoms with E-state index in [1.165, 1.54) is 6.42 Å². The van der Waals surface area contributed by atoms with Crippen LogP contribution in [0.3, 0.4) is 0 Å². The van der Waals surface area contributed by atoms with Gasteiger partial charge >= 0.3 is 39.5 Å². The quantitative estimate of drug-likeness (QED) is 0.0169. The number of allylic oxidation sites excluding steroid dienone is 34. The molecule has 0 radical (unpaired) electrons. The lowest BCUT2D eigenvalue weighted by Crippen LogP contribution is -2.30. The number of phosphoric acid groups is 2. The van der Waals surface area contributed by atoms with Gasteiger partial charge in [-0.25, -0.2) is 9.13 Å². The molecule has 0 saturated heterocycles. The predicted molar refractivity (Wildman–Crippen MR) is 435 cm³/mol. The van der Waals surface area contributed by atoms with Crippen LogP contribution < -0.4 is 0 Å². The summed E-state index contributed by atoms with van der Waals surface area (Å²) >= 11 is 0. The maximum atomic E-state index is 13.1. The Morgan fingerprint density at radius 3 is 0.868 bits per heavy atom. The number of phosphoric ester groups is 2. The van der Waals surface area contributed by atoms with E-state index in [2.05, 4.69) is 204 Å². The molecule has 0 rings (SSSR count). The Hall–Kier alpha value is -6.36. The van der Waals surface area contributed by atoms with Crippen LogP contribution in [0.1, 0.15) is 259 Å². The fourth-order valence-corrected chi connectivity index (χ4v) is 10.9. The van der Waals surface area contributed by atoms with Crippen LogP contribution in [0.15, 0.2) is 207 Å². The van der Waals surface area contributed by atoms with Crippen molar-refractivity contribution in [1.29, 1.82) is 0 Å². The second kappa shape index (κ2) is 76.8. The summed E-state index contributed by atoms with van der Waals surface area (Å²) in [6, 6.07) is 0. The zero-order valence-corrected chi connectivity index (χ0v) is 66.8. The minimum atomic E-state index is -5.02. The van der Waals surface area contributed by atoms with Crippen molar-refractivity contribution < 1.29 is 80.2 Å². The zero-order chi connectivity index (χ0) is 77.4. The van der Waals surface area contributed by atoms with Gasteiger partial charge in [0.15, 0.2) is 12.2 Å². The van der Waals surface area contributed by atoms with Gasteiger partial charge in [-0.3, -0.25) is 37.3 Å². The van der Waals surface area contributed by atoms with Crippen molar-refractivity contribution in [3.63, 3.8) is 0 Å². The minimum Gasteiger partial charge on any atom is -0.462 e. The fourth-order valence-electron chi connectivity index (χ4n) is 9.35. The molecule has 596 valence electrons. The van der Waals surface area contributed by atoms with Crippen LogP contribution in [-0.4, -0.2) is 96.7 Å². The van der Waals surface area contributed by atoms with Gasteiger partial charge in [0.1, 0.15) is 19.3 Å². The molecule has 5 atom stereocenters. The number of esters is 4. The first-order chi connectivity index (χ1) is 51.7. The fraction of sp³-hybridized carbons (Fsp3) is 0.563. The van der Waals surface area contributed by atoms with Gasteiger partial charge in [0.05, 0.1) is 26.4 Å². The highest BCUT2D eigenvalue weighted by atomic mass is 31.2. The molecule has 0 aromatic heterocycles. The second-order valence-electron chi connectivity index (χ2n) is 25.1. The molecule has 0 bridgehead atoms. The van der Waals surface area contributed by atoms with Crippen molar-refractivity contribution in [3.8, 4) is 0 Å². The number of unbranched alkanes of at least 4 members (excludes halogenated alkanes) is 11. The Morgan fingerprint density at radius 2 is 0.519 bits per heavy atom. The topological polar surface area (TPSA) is 237 Å². The van der Waals surface area contributed by atoms with Gasteiger partial charge in [-0.15, -0.1) is 0 Å². The molecule has 0 amide bonds. The van der Waals surface area contributed by atoms with E-state index >= 15 is 0 Å². The molecule has 5 unspecified atom stereocenters. The number of carbonyl (C=O) groups excluding carboxylic acids is 4. The molecule has 0 aromatic rings. The lowest BCUT2D eigenvalue weighted by molar-refractivity contribution is -0.161. The van der Waals surface area contributed by atoms with Gasteiger partial charge in [0.2, 0.25) is 0 Å². The van der Waals surface area contributed by atoms with E-state index in [0.717, 1.165) is 161 Å². The van der Waals surface area contributed by atoms with E-state index in [1.807, 2.05) is 30.4 Å². The van der Waals surface area contributed by atoms with Crippen LogP contribution in [0.4, 0.5) is 0 Å². The molecule has 0 aliphatic rings. The summed E-state index contributed by atoms with van der Waals surface area (Å²) in [6.45, 7) is 4.24. The molecule has 0 saturated carbocycles. The largest absolute Gasteiger partial charge is 0.472 e. The number of rotatable bonds is 71. The highest BCUT2D eigenvalue weighted by Gasteiger charge is 2.30. The van der Waals surface area contributed by atoms with Crippen molar-refractivity contribution in [2.45, 2.75) is 277 Å². The number of aliphatic hydroxyl groups excluding tert-OH is 1. The predicted octanol–water partition coefficient (Wildman–Crippen LogP) is 23.1. The van der Waals surface area contributed by atoms with Crippen molar-refractivity contribution in [3.05, 3.63) is 207 Å². The van der Waals surface area contributed by atoms with E-state index in [0.29, 0.717) is 38.5 Å². The third kappa shape index (κ3) is 75.9. The molecule has 3 N–H and O–H groups in total. The molecular formula is C87H136O17P2. The minimum absolute atomic E-state index is 0.00182. The maximum Gasteiger partial charge on any atom is 0.472 e. The highest BCUT2D eigenvalue weighted by molar-refractivity contribution is 7.47. The highest BCUT2D eigenvalue weighted by Crippen LogP contribution is 2.45. The summed E-state index contributed by atoms with van der Waals surface area (Å²) in [5, 5.41) is 10.6. The second-order valence-corrected chi connectivity index (χ2v) is 28.1. The first kappa shape index (κ1) is 99.6.